The lowest BCUT2D eigenvalue weighted by molar-refractivity contribution is -0.112. The molecule has 0 radical (unpaired) electrons. The fourth-order valence-electron chi connectivity index (χ4n) is 1.03. The number of para-hydroxylation sites is 1. The lowest BCUT2D eigenvalue weighted by atomic mass is 10.3. The second kappa shape index (κ2) is 4.56. The zero-order chi connectivity index (χ0) is 10.6. The number of halogens is 1. The summed E-state index contributed by atoms with van der Waals surface area (Å²) in [5.74, 6) is -0.364. The number of hydrogen-bond acceptors (Lipinski definition) is 2. The molecular formula is C11H12FNO. The first-order valence-corrected chi connectivity index (χ1v) is 4.27. The van der Waals surface area contributed by atoms with Crippen LogP contribution in [0.15, 0.2) is 36.5 Å². The maximum absolute atomic E-state index is 13.2. The largest absolute Gasteiger partial charge is 0.349 e. The third-order valence-corrected chi connectivity index (χ3v) is 1.77. The number of anilines is 1. The third-order valence-electron chi connectivity index (χ3n) is 1.77. The molecule has 0 aliphatic heterocycles. The van der Waals surface area contributed by atoms with E-state index in [1.54, 1.807) is 36.3 Å². The summed E-state index contributed by atoms with van der Waals surface area (Å²) in [4.78, 5) is 12.2. The second-order valence-electron chi connectivity index (χ2n) is 2.99. The highest BCUT2D eigenvalue weighted by atomic mass is 19.1. The van der Waals surface area contributed by atoms with Gasteiger partial charge in [0.2, 0.25) is 0 Å². The van der Waals surface area contributed by atoms with Crippen molar-refractivity contribution in [3.8, 4) is 0 Å². The molecule has 0 heterocycles. The average Bonchev–Trinajstić information content (AvgIpc) is 2.15. The summed E-state index contributed by atoms with van der Waals surface area (Å²) in [6, 6.07) is 6.41. The minimum Gasteiger partial charge on any atom is -0.349 e. The molecule has 0 aliphatic carbocycles. The first-order valence-electron chi connectivity index (χ1n) is 4.27. The van der Waals surface area contributed by atoms with Crippen molar-refractivity contribution in [1.82, 2.24) is 0 Å². The van der Waals surface area contributed by atoms with Crippen LogP contribution in [0.1, 0.15) is 6.92 Å². The van der Waals surface area contributed by atoms with Gasteiger partial charge >= 0.3 is 0 Å². The number of rotatable bonds is 3. The second-order valence-corrected chi connectivity index (χ2v) is 2.99. The average molecular weight is 193 g/mol. The molecule has 0 N–H and O–H groups in total. The van der Waals surface area contributed by atoms with Crippen LogP contribution in [0.5, 0.6) is 0 Å². The Morgan fingerprint density at radius 1 is 1.43 bits per heavy atom. The smallest absolute Gasteiger partial charge is 0.154 e. The molecular weight excluding hydrogens is 181 g/mol. The van der Waals surface area contributed by atoms with Crippen molar-refractivity contribution >= 4 is 11.5 Å². The van der Waals surface area contributed by atoms with Crippen LogP contribution in [-0.4, -0.2) is 12.8 Å². The molecule has 0 amide bonds. The molecule has 14 heavy (non-hydrogen) atoms. The van der Waals surface area contributed by atoms with Crippen molar-refractivity contribution in [3.63, 3.8) is 0 Å². The molecule has 0 saturated heterocycles. The van der Waals surface area contributed by atoms with E-state index < -0.39 is 0 Å². The van der Waals surface area contributed by atoms with Crippen LogP contribution in [0.3, 0.4) is 0 Å². The highest BCUT2D eigenvalue weighted by molar-refractivity contribution is 5.87. The molecule has 74 valence electrons. The van der Waals surface area contributed by atoms with Gasteiger partial charge in [-0.25, -0.2) is 4.39 Å². The predicted molar refractivity (Wildman–Crippen MR) is 54.6 cm³/mol. The van der Waals surface area contributed by atoms with Gasteiger partial charge in [-0.2, -0.15) is 0 Å². The van der Waals surface area contributed by atoms with Crippen LogP contribution < -0.4 is 4.90 Å². The summed E-state index contributed by atoms with van der Waals surface area (Å²) in [6.07, 6.45) is 2.94. The molecule has 3 heteroatoms. The summed E-state index contributed by atoms with van der Waals surface area (Å²) in [5, 5.41) is 0. The zero-order valence-corrected chi connectivity index (χ0v) is 8.20. The zero-order valence-electron chi connectivity index (χ0n) is 8.20. The molecule has 2 nitrogen and oxygen atoms in total. The van der Waals surface area contributed by atoms with E-state index in [1.165, 1.54) is 19.1 Å². The monoisotopic (exact) mass is 193 g/mol. The minimum atomic E-state index is -0.303. The van der Waals surface area contributed by atoms with Gasteiger partial charge in [-0.05, 0) is 25.1 Å². The summed E-state index contributed by atoms with van der Waals surface area (Å²) < 4.78 is 13.2. The van der Waals surface area contributed by atoms with Crippen molar-refractivity contribution in [2.45, 2.75) is 6.92 Å². The van der Waals surface area contributed by atoms with Crippen LogP contribution in [0, 0.1) is 5.82 Å². The number of allylic oxidation sites excluding steroid dienone is 1. The van der Waals surface area contributed by atoms with E-state index in [0.717, 1.165) is 0 Å². The summed E-state index contributed by atoms with van der Waals surface area (Å²) in [6.45, 7) is 1.45. The van der Waals surface area contributed by atoms with Gasteiger partial charge in [0.15, 0.2) is 5.78 Å². The summed E-state index contributed by atoms with van der Waals surface area (Å²) in [5.41, 5.74) is 0.449. The Morgan fingerprint density at radius 2 is 2.07 bits per heavy atom. The molecule has 0 spiro atoms. The van der Waals surface area contributed by atoms with Gasteiger partial charge in [-0.15, -0.1) is 0 Å². The Hall–Kier alpha value is -1.64. The maximum atomic E-state index is 13.2. The van der Waals surface area contributed by atoms with Crippen molar-refractivity contribution in [3.05, 3.63) is 42.4 Å². The van der Waals surface area contributed by atoms with Crippen LogP contribution in [0.25, 0.3) is 0 Å². The van der Waals surface area contributed by atoms with Gasteiger partial charge in [-0.1, -0.05) is 12.1 Å². The Balaban J connectivity index is 2.84. The highest BCUT2D eigenvalue weighted by Crippen LogP contribution is 2.16. The van der Waals surface area contributed by atoms with Crippen LogP contribution in [-0.2, 0) is 4.79 Å². The molecule has 0 aromatic heterocycles. The minimum absolute atomic E-state index is 0.0619. The maximum Gasteiger partial charge on any atom is 0.154 e. The molecule has 1 rings (SSSR count). The van der Waals surface area contributed by atoms with E-state index in [0.29, 0.717) is 5.69 Å². The first-order chi connectivity index (χ1) is 6.61. The third kappa shape index (κ3) is 2.69. The number of carbonyl (C=O) groups is 1. The van der Waals surface area contributed by atoms with Crippen molar-refractivity contribution in [2.75, 3.05) is 11.9 Å². The molecule has 1 aromatic rings. The van der Waals surface area contributed by atoms with Crippen molar-refractivity contribution in [1.29, 1.82) is 0 Å². The molecule has 0 atom stereocenters. The molecule has 0 bridgehead atoms. The molecule has 0 saturated carbocycles. The molecule has 0 aliphatic rings. The van der Waals surface area contributed by atoms with Gasteiger partial charge in [0.1, 0.15) is 5.82 Å². The van der Waals surface area contributed by atoms with Gasteiger partial charge in [-0.3, -0.25) is 4.79 Å². The van der Waals surface area contributed by atoms with Crippen LogP contribution in [0.4, 0.5) is 10.1 Å². The van der Waals surface area contributed by atoms with Gasteiger partial charge in [0.25, 0.3) is 0 Å². The Labute approximate surface area is 82.7 Å². The van der Waals surface area contributed by atoms with Crippen molar-refractivity contribution < 1.29 is 9.18 Å². The van der Waals surface area contributed by atoms with Crippen LogP contribution >= 0.6 is 0 Å². The molecule has 0 unspecified atom stereocenters. The topological polar surface area (TPSA) is 20.3 Å². The van der Waals surface area contributed by atoms with Gasteiger partial charge < -0.3 is 4.90 Å². The SMILES string of the molecule is CC(=O)C=CN(C)c1ccccc1F. The Morgan fingerprint density at radius 3 is 2.64 bits per heavy atom. The lowest BCUT2D eigenvalue weighted by Gasteiger charge is -2.14. The van der Waals surface area contributed by atoms with E-state index >= 15 is 0 Å². The quantitative estimate of drug-likeness (QED) is 0.687. The van der Waals surface area contributed by atoms with E-state index in [-0.39, 0.29) is 11.6 Å². The Kier molecular flexibility index (Phi) is 3.40. The van der Waals surface area contributed by atoms with E-state index in [2.05, 4.69) is 0 Å². The predicted octanol–water partition coefficient (Wildman–Crippen LogP) is 2.36. The normalized spacial score (nSPS) is 10.5. The van der Waals surface area contributed by atoms with E-state index in [9.17, 15) is 9.18 Å². The number of ketones is 1. The van der Waals surface area contributed by atoms with Gasteiger partial charge in [0, 0.05) is 13.2 Å². The molecule has 0 fully saturated rings. The standard InChI is InChI=1S/C11H12FNO/c1-9(14)7-8-13(2)11-6-4-3-5-10(11)12/h3-8H,1-2H3. The summed E-state index contributed by atoms with van der Waals surface area (Å²) in [7, 11) is 1.69. The number of hydrogen-bond donors (Lipinski definition) is 0. The van der Waals surface area contributed by atoms with E-state index in [4.69, 9.17) is 0 Å². The fourth-order valence-corrected chi connectivity index (χ4v) is 1.03. The first kappa shape index (κ1) is 10.4. The van der Waals surface area contributed by atoms with Crippen molar-refractivity contribution in [2.24, 2.45) is 0 Å². The summed E-state index contributed by atoms with van der Waals surface area (Å²) >= 11 is 0. The van der Waals surface area contributed by atoms with Gasteiger partial charge in [0.05, 0.1) is 5.69 Å². The van der Waals surface area contributed by atoms with Crippen LogP contribution in [0.2, 0.25) is 0 Å². The lowest BCUT2D eigenvalue weighted by Crippen LogP contribution is -2.10. The van der Waals surface area contributed by atoms with E-state index in [1.807, 2.05) is 0 Å². The Bertz CT molecular complexity index is 360. The number of nitrogens with zero attached hydrogens (tertiary/aromatic N) is 1. The highest BCUT2D eigenvalue weighted by Gasteiger charge is 2.02. The number of benzene rings is 1. The number of carbonyl (C=O) groups excluding carboxylic acids is 1. The molecule has 1 aromatic carbocycles. The fraction of sp³-hybridized carbons (Fsp3) is 0.182.